The fraction of sp³-hybridized carbons (Fsp3) is 0.333. The first-order chi connectivity index (χ1) is 10.2. The van der Waals surface area contributed by atoms with Crippen molar-refractivity contribution in [1.82, 2.24) is 15.1 Å². The molecule has 0 aliphatic heterocycles. The van der Waals surface area contributed by atoms with Crippen LogP contribution in [0.15, 0.2) is 41.3 Å². The molecule has 2 aromatic rings. The average molecular weight is 307 g/mol. The van der Waals surface area contributed by atoms with Crippen molar-refractivity contribution >= 4 is 17.3 Å². The van der Waals surface area contributed by atoms with E-state index in [9.17, 15) is 4.79 Å². The quantitative estimate of drug-likeness (QED) is 0.771. The molecule has 0 aliphatic carbocycles. The Hall–Kier alpha value is -1.85. The van der Waals surface area contributed by atoms with Gasteiger partial charge >= 0.3 is 0 Å². The van der Waals surface area contributed by atoms with Gasteiger partial charge in [-0.2, -0.15) is 5.10 Å². The number of nitrogens with one attached hydrogen (secondary N) is 2. The Bertz CT molecular complexity index is 615. The maximum Gasteiger partial charge on any atom is 0.285 e. The summed E-state index contributed by atoms with van der Waals surface area (Å²) < 4.78 is 0. The van der Waals surface area contributed by atoms with Crippen molar-refractivity contribution in [3.63, 3.8) is 0 Å². The first-order valence-electron chi connectivity index (χ1n) is 6.86. The minimum atomic E-state index is -0.372. The molecule has 0 saturated carbocycles. The molecule has 0 amide bonds. The summed E-state index contributed by atoms with van der Waals surface area (Å²) >= 11 is 5.89. The van der Waals surface area contributed by atoms with E-state index >= 15 is 0 Å². The molecule has 0 saturated heterocycles. The van der Waals surface area contributed by atoms with Gasteiger partial charge in [0.15, 0.2) is 0 Å². The number of hydrogen-bond donors (Lipinski definition) is 2. The predicted molar refractivity (Wildman–Crippen MR) is 85.8 cm³/mol. The summed E-state index contributed by atoms with van der Waals surface area (Å²) in [5.74, 6) is 0. The van der Waals surface area contributed by atoms with E-state index in [0.29, 0.717) is 5.69 Å². The van der Waals surface area contributed by atoms with Crippen LogP contribution in [-0.4, -0.2) is 35.2 Å². The second-order valence-electron chi connectivity index (χ2n) is 4.93. The monoisotopic (exact) mass is 306 g/mol. The van der Waals surface area contributed by atoms with E-state index in [0.717, 1.165) is 26.1 Å². The van der Waals surface area contributed by atoms with Gasteiger partial charge in [-0.25, -0.2) is 5.10 Å². The molecule has 0 unspecified atom stereocenters. The molecule has 2 rings (SSSR count). The third kappa shape index (κ3) is 4.88. The van der Waals surface area contributed by atoms with Crippen molar-refractivity contribution in [2.45, 2.75) is 13.0 Å². The average Bonchev–Trinajstić information content (AvgIpc) is 2.49. The molecule has 0 radical (unpaired) electrons. The molecule has 0 atom stereocenters. The molecular weight excluding hydrogens is 288 g/mol. The highest BCUT2D eigenvalue weighted by Crippen LogP contribution is 2.14. The summed E-state index contributed by atoms with van der Waals surface area (Å²) in [7, 11) is 2.09. The lowest BCUT2D eigenvalue weighted by Crippen LogP contribution is -2.21. The van der Waals surface area contributed by atoms with Gasteiger partial charge in [-0.1, -0.05) is 41.9 Å². The SMILES string of the molecule is CN(CCCNc1cn[nH]c(=O)c1Cl)Cc1ccccc1. The highest BCUT2D eigenvalue weighted by Gasteiger charge is 2.04. The van der Waals surface area contributed by atoms with Crippen LogP contribution in [0.1, 0.15) is 12.0 Å². The number of H-pyrrole nitrogens is 1. The number of rotatable bonds is 7. The molecule has 5 nitrogen and oxygen atoms in total. The second kappa shape index (κ2) is 7.81. The summed E-state index contributed by atoms with van der Waals surface area (Å²) in [4.78, 5) is 13.5. The lowest BCUT2D eigenvalue weighted by Gasteiger charge is -2.17. The normalized spacial score (nSPS) is 10.8. The van der Waals surface area contributed by atoms with Gasteiger partial charge in [0.25, 0.3) is 5.56 Å². The molecule has 21 heavy (non-hydrogen) atoms. The number of aromatic nitrogens is 2. The summed E-state index contributed by atoms with van der Waals surface area (Å²) in [5.41, 5.74) is 1.50. The molecule has 2 N–H and O–H groups in total. The highest BCUT2D eigenvalue weighted by molar-refractivity contribution is 6.32. The van der Waals surface area contributed by atoms with Gasteiger partial charge in [-0.15, -0.1) is 0 Å². The number of benzene rings is 1. The number of nitrogens with zero attached hydrogens (tertiary/aromatic N) is 2. The standard InChI is InChI=1S/C15H19ClN4O/c1-20(11-12-6-3-2-4-7-12)9-5-8-17-13-10-18-19-15(21)14(13)16/h2-4,6-7,10H,5,8-9,11H2,1H3,(H2,17,19,21). The zero-order chi connectivity index (χ0) is 15.1. The molecule has 0 spiro atoms. The lowest BCUT2D eigenvalue weighted by molar-refractivity contribution is 0.325. The fourth-order valence-electron chi connectivity index (χ4n) is 2.05. The summed E-state index contributed by atoms with van der Waals surface area (Å²) in [6, 6.07) is 10.4. The molecule has 1 heterocycles. The van der Waals surface area contributed by atoms with Crippen LogP contribution in [0.2, 0.25) is 5.02 Å². The third-order valence-corrected chi connectivity index (χ3v) is 3.50. The van der Waals surface area contributed by atoms with E-state index in [4.69, 9.17) is 11.6 Å². The zero-order valence-electron chi connectivity index (χ0n) is 12.0. The Labute approximate surface area is 128 Å². The van der Waals surface area contributed by atoms with Gasteiger partial charge < -0.3 is 10.2 Å². The maximum absolute atomic E-state index is 11.3. The number of halogens is 1. The molecule has 1 aromatic heterocycles. The van der Waals surface area contributed by atoms with Gasteiger partial charge in [-0.05, 0) is 25.6 Å². The molecular formula is C15H19ClN4O. The van der Waals surface area contributed by atoms with Crippen molar-refractivity contribution in [3.8, 4) is 0 Å². The third-order valence-electron chi connectivity index (χ3n) is 3.12. The Balaban J connectivity index is 1.72. The van der Waals surface area contributed by atoms with E-state index in [2.05, 4.69) is 39.6 Å². The van der Waals surface area contributed by atoms with Crippen molar-refractivity contribution < 1.29 is 0 Å². The van der Waals surface area contributed by atoms with Gasteiger partial charge in [0, 0.05) is 13.1 Å². The summed E-state index contributed by atoms with van der Waals surface area (Å²) in [6.45, 7) is 2.62. The van der Waals surface area contributed by atoms with Crippen LogP contribution in [0.3, 0.4) is 0 Å². The van der Waals surface area contributed by atoms with Crippen LogP contribution in [-0.2, 0) is 6.54 Å². The van der Waals surface area contributed by atoms with E-state index in [-0.39, 0.29) is 10.6 Å². The fourth-order valence-corrected chi connectivity index (χ4v) is 2.21. The van der Waals surface area contributed by atoms with E-state index in [1.807, 2.05) is 18.2 Å². The van der Waals surface area contributed by atoms with Gasteiger partial charge in [0.1, 0.15) is 5.02 Å². The van der Waals surface area contributed by atoms with Crippen LogP contribution in [0.5, 0.6) is 0 Å². The minimum Gasteiger partial charge on any atom is -0.382 e. The van der Waals surface area contributed by atoms with Crippen molar-refractivity contribution in [2.75, 3.05) is 25.5 Å². The zero-order valence-corrected chi connectivity index (χ0v) is 12.7. The molecule has 1 aromatic carbocycles. The molecule has 6 heteroatoms. The van der Waals surface area contributed by atoms with Gasteiger partial charge in [0.05, 0.1) is 11.9 Å². The van der Waals surface area contributed by atoms with Crippen molar-refractivity contribution in [1.29, 1.82) is 0 Å². The van der Waals surface area contributed by atoms with Crippen molar-refractivity contribution in [3.05, 3.63) is 57.5 Å². The number of anilines is 1. The molecule has 0 bridgehead atoms. The lowest BCUT2D eigenvalue weighted by atomic mass is 10.2. The van der Waals surface area contributed by atoms with Crippen LogP contribution < -0.4 is 10.9 Å². The smallest absolute Gasteiger partial charge is 0.285 e. The Kier molecular flexibility index (Phi) is 5.78. The predicted octanol–water partition coefficient (Wildman–Crippen LogP) is 2.36. The Morgan fingerprint density at radius 3 is 2.86 bits per heavy atom. The Morgan fingerprint density at radius 2 is 2.10 bits per heavy atom. The van der Waals surface area contributed by atoms with Crippen LogP contribution in [0, 0.1) is 0 Å². The summed E-state index contributed by atoms with van der Waals surface area (Å²) in [6.07, 6.45) is 2.48. The van der Waals surface area contributed by atoms with E-state index in [1.54, 1.807) is 0 Å². The largest absolute Gasteiger partial charge is 0.382 e. The number of aromatic amines is 1. The second-order valence-corrected chi connectivity index (χ2v) is 5.31. The van der Waals surface area contributed by atoms with Crippen LogP contribution in [0.4, 0.5) is 5.69 Å². The highest BCUT2D eigenvalue weighted by atomic mass is 35.5. The van der Waals surface area contributed by atoms with E-state index < -0.39 is 0 Å². The van der Waals surface area contributed by atoms with Crippen LogP contribution in [0.25, 0.3) is 0 Å². The van der Waals surface area contributed by atoms with E-state index in [1.165, 1.54) is 11.8 Å². The molecule has 112 valence electrons. The topological polar surface area (TPSA) is 61.0 Å². The molecule has 0 fully saturated rings. The first-order valence-corrected chi connectivity index (χ1v) is 7.24. The number of hydrogen-bond acceptors (Lipinski definition) is 4. The Morgan fingerprint density at radius 1 is 1.33 bits per heavy atom. The first kappa shape index (κ1) is 15.5. The summed E-state index contributed by atoms with van der Waals surface area (Å²) in [5, 5.41) is 9.30. The van der Waals surface area contributed by atoms with Gasteiger partial charge in [-0.3, -0.25) is 4.79 Å². The van der Waals surface area contributed by atoms with Crippen LogP contribution >= 0.6 is 11.6 Å². The van der Waals surface area contributed by atoms with Crippen molar-refractivity contribution in [2.24, 2.45) is 0 Å². The molecule has 0 aliphatic rings. The minimum absolute atomic E-state index is 0.155. The van der Waals surface area contributed by atoms with Gasteiger partial charge in [0.2, 0.25) is 0 Å². The maximum atomic E-state index is 11.3.